The van der Waals surface area contributed by atoms with Crippen LogP contribution in [-0.2, 0) is 0 Å². The summed E-state index contributed by atoms with van der Waals surface area (Å²) < 4.78 is 18.6. The first-order valence-electron chi connectivity index (χ1n) is 8.59. The summed E-state index contributed by atoms with van der Waals surface area (Å²) in [4.78, 5) is 17.8. The number of carbonyl (C=O) groups excluding carboxylic acids is 1. The Labute approximate surface area is 155 Å². The average molecular weight is 370 g/mol. The number of hydrogen-bond acceptors (Lipinski definition) is 3. The van der Waals surface area contributed by atoms with Crippen LogP contribution in [0.5, 0.6) is 0 Å². The van der Waals surface area contributed by atoms with Gasteiger partial charge in [0.15, 0.2) is 0 Å². The third kappa shape index (κ3) is 3.55. The molecule has 2 aromatic heterocycles. The Morgan fingerprint density at radius 3 is 2.81 bits per heavy atom. The van der Waals surface area contributed by atoms with Gasteiger partial charge in [-0.2, -0.15) is 0 Å². The molecule has 6 heteroatoms. The van der Waals surface area contributed by atoms with Crippen LogP contribution in [0.15, 0.2) is 59.3 Å². The number of aromatic amines is 1. The predicted octanol–water partition coefficient (Wildman–Crippen LogP) is 4.73. The number of aromatic nitrogens is 1. The molecular formula is C20H19FN2O2S. The topological polar surface area (TPSA) is 49.2 Å². The lowest BCUT2D eigenvalue weighted by Crippen LogP contribution is -2.33. The van der Waals surface area contributed by atoms with Crippen molar-refractivity contribution in [3.63, 3.8) is 0 Å². The first kappa shape index (κ1) is 17.0. The Kier molecular flexibility index (Phi) is 4.84. The quantitative estimate of drug-likeness (QED) is 0.725. The summed E-state index contributed by atoms with van der Waals surface area (Å²) in [5.74, 6) is 1.58. The molecule has 1 aliphatic rings. The van der Waals surface area contributed by atoms with E-state index in [1.165, 1.54) is 12.1 Å². The molecule has 1 atom stereocenters. The maximum Gasteiger partial charge on any atom is 0.270 e. The lowest BCUT2D eigenvalue weighted by Gasteiger charge is -2.19. The molecule has 1 amide bonds. The highest BCUT2D eigenvalue weighted by atomic mass is 32.2. The van der Waals surface area contributed by atoms with Crippen LogP contribution in [0.25, 0.3) is 11.1 Å². The SMILES string of the molecule is O=C(c1cc(-c2ccc(F)cc2)c[nH]1)N1CCSC(c2ccco2)CC1. The third-order valence-corrected chi connectivity index (χ3v) is 5.87. The normalized spacial score (nSPS) is 17.9. The molecule has 3 heterocycles. The van der Waals surface area contributed by atoms with E-state index in [9.17, 15) is 9.18 Å². The van der Waals surface area contributed by atoms with Gasteiger partial charge in [-0.1, -0.05) is 12.1 Å². The smallest absolute Gasteiger partial charge is 0.270 e. The highest BCUT2D eigenvalue weighted by Gasteiger charge is 2.25. The number of nitrogens with one attached hydrogen (secondary N) is 1. The highest BCUT2D eigenvalue weighted by Crippen LogP contribution is 2.34. The Bertz CT molecular complexity index is 874. The zero-order valence-electron chi connectivity index (χ0n) is 14.2. The maximum absolute atomic E-state index is 13.1. The number of nitrogens with zero attached hydrogens (tertiary/aromatic N) is 1. The lowest BCUT2D eigenvalue weighted by molar-refractivity contribution is 0.0761. The van der Waals surface area contributed by atoms with Gasteiger partial charge in [-0.3, -0.25) is 4.79 Å². The van der Waals surface area contributed by atoms with E-state index in [1.54, 1.807) is 24.6 Å². The number of halogens is 1. The van der Waals surface area contributed by atoms with Gasteiger partial charge in [0.1, 0.15) is 17.3 Å². The molecule has 1 aromatic carbocycles. The fraction of sp³-hybridized carbons (Fsp3) is 0.250. The average Bonchev–Trinajstić information content (AvgIpc) is 3.30. The van der Waals surface area contributed by atoms with Gasteiger partial charge >= 0.3 is 0 Å². The molecule has 3 aromatic rings. The van der Waals surface area contributed by atoms with Crippen LogP contribution in [0.2, 0.25) is 0 Å². The van der Waals surface area contributed by atoms with Crippen molar-refractivity contribution in [1.29, 1.82) is 0 Å². The van der Waals surface area contributed by atoms with E-state index in [1.807, 2.05) is 34.9 Å². The van der Waals surface area contributed by atoms with E-state index in [0.717, 1.165) is 29.1 Å². The molecular weight excluding hydrogens is 351 g/mol. The molecule has 1 fully saturated rings. The highest BCUT2D eigenvalue weighted by molar-refractivity contribution is 7.99. The number of H-pyrrole nitrogens is 1. The fourth-order valence-electron chi connectivity index (χ4n) is 3.17. The molecule has 0 spiro atoms. The monoisotopic (exact) mass is 370 g/mol. The van der Waals surface area contributed by atoms with E-state index in [-0.39, 0.29) is 11.7 Å². The third-order valence-electron chi connectivity index (χ3n) is 4.58. The predicted molar refractivity (Wildman–Crippen MR) is 101 cm³/mol. The number of furan rings is 1. The Morgan fingerprint density at radius 2 is 2.04 bits per heavy atom. The standard InChI is InChI=1S/C20H19FN2O2S/c21-16-5-3-14(4-6-16)15-12-17(22-13-15)20(24)23-8-7-19(26-11-9-23)18-2-1-10-25-18/h1-6,10,12-13,19,22H,7-9,11H2. The zero-order chi connectivity index (χ0) is 17.9. The maximum atomic E-state index is 13.1. The van der Waals surface area contributed by atoms with Crippen molar-refractivity contribution in [2.24, 2.45) is 0 Å². The van der Waals surface area contributed by atoms with Crippen LogP contribution in [0.3, 0.4) is 0 Å². The van der Waals surface area contributed by atoms with Crippen molar-refractivity contribution >= 4 is 17.7 Å². The summed E-state index contributed by atoms with van der Waals surface area (Å²) in [6.45, 7) is 1.41. The molecule has 1 saturated heterocycles. The minimum Gasteiger partial charge on any atom is -0.468 e. The van der Waals surface area contributed by atoms with Gasteiger partial charge in [0, 0.05) is 25.0 Å². The molecule has 1 N–H and O–H groups in total. The number of hydrogen-bond donors (Lipinski definition) is 1. The van der Waals surface area contributed by atoms with Crippen LogP contribution in [0.4, 0.5) is 4.39 Å². The van der Waals surface area contributed by atoms with Gasteiger partial charge in [-0.05, 0) is 47.9 Å². The number of rotatable bonds is 3. The number of carbonyl (C=O) groups is 1. The van der Waals surface area contributed by atoms with Crippen LogP contribution in [0, 0.1) is 5.82 Å². The Balaban J connectivity index is 1.45. The van der Waals surface area contributed by atoms with Crippen molar-refractivity contribution in [3.05, 3.63) is 72.2 Å². The lowest BCUT2D eigenvalue weighted by atomic mass is 10.1. The van der Waals surface area contributed by atoms with Crippen molar-refractivity contribution in [1.82, 2.24) is 9.88 Å². The Hall–Kier alpha value is -2.47. The number of amides is 1. The van der Waals surface area contributed by atoms with Gasteiger partial charge < -0.3 is 14.3 Å². The summed E-state index contributed by atoms with van der Waals surface area (Å²) in [7, 11) is 0. The van der Waals surface area contributed by atoms with Crippen LogP contribution in [0.1, 0.15) is 27.9 Å². The van der Waals surface area contributed by atoms with Crippen LogP contribution < -0.4 is 0 Å². The molecule has 1 aliphatic heterocycles. The second-order valence-electron chi connectivity index (χ2n) is 6.26. The van der Waals surface area contributed by atoms with Crippen molar-refractivity contribution in [2.45, 2.75) is 11.7 Å². The second-order valence-corrected chi connectivity index (χ2v) is 7.58. The summed E-state index contributed by atoms with van der Waals surface area (Å²) in [6.07, 6.45) is 4.35. The minimum atomic E-state index is -0.270. The molecule has 1 unspecified atom stereocenters. The molecule has 0 saturated carbocycles. The summed E-state index contributed by atoms with van der Waals surface area (Å²) in [6, 6.07) is 12.0. The first-order valence-corrected chi connectivity index (χ1v) is 9.64. The van der Waals surface area contributed by atoms with Gasteiger partial charge in [-0.15, -0.1) is 11.8 Å². The molecule has 26 heavy (non-hydrogen) atoms. The summed E-state index contributed by atoms with van der Waals surface area (Å²) >= 11 is 1.83. The molecule has 4 nitrogen and oxygen atoms in total. The molecule has 0 bridgehead atoms. The van der Waals surface area contributed by atoms with E-state index in [2.05, 4.69) is 4.98 Å². The summed E-state index contributed by atoms with van der Waals surface area (Å²) in [5, 5.41) is 0.293. The minimum absolute atomic E-state index is 0.000874. The number of benzene rings is 1. The first-order chi connectivity index (χ1) is 12.7. The van der Waals surface area contributed by atoms with E-state index >= 15 is 0 Å². The van der Waals surface area contributed by atoms with Gasteiger partial charge in [0.05, 0.1) is 11.5 Å². The largest absolute Gasteiger partial charge is 0.468 e. The molecule has 134 valence electrons. The van der Waals surface area contributed by atoms with E-state index in [0.29, 0.717) is 24.0 Å². The van der Waals surface area contributed by atoms with Crippen molar-refractivity contribution in [2.75, 3.05) is 18.8 Å². The van der Waals surface area contributed by atoms with Crippen LogP contribution >= 0.6 is 11.8 Å². The van der Waals surface area contributed by atoms with E-state index in [4.69, 9.17) is 4.42 Å². The zero-order valence-corrected chi connectivity index (χ0v) is 15.0. The van der Waals surface area contributed by atoms with Gasteiger partial charge in [-0.25, -0.2) is 4.39 Å². The fourth-order valence-corrected chi connectivity index (χ4v) is 4.35. The van der Waals surface area contributed by atoms with E-state index < -0.39 is 0 Å². The van der Waals surface area contributed by atoms with Gasteiger partial charge in [0.25, 0.3) is 5.91 Å². The summed E-state index contributed by atoms with van der Waals surface area (Å²) in [5.41, 5.74) is 2.32. The van der Waals surface area contributed by atoms with Crippen molar-refractivity contribution in [3.8, 4) is 11.1 Å². The van der Waals surface area contributed by atoms with Gasteiger partial charge in [0.2, 0.25) is 0 Å². The molecule has 0 aliphatic carbocycles. The molecule has 4 rings (SSSR count). The van der Waals surface area contributed by atoms with Crippen molar-refractivity contribution < 1.29 is 13.6 Å². The molecule has 0 radical (unpaired) electrons. The Morgan fingerprint density at radius 1 is 1.19 bits per heavy atom. The number of thioether (sulfide) groups is 1. The second kappa shape index (κ2) is 7.41. The van der Waals surface area contributed by atoms with Crippen LogP contribution in [-0.4, -0.2) is 34.6 Å².